The van der Waals surface area contributed by atoms with Crippen LogP contribution in [0.3, 0.4) is 0 Å². The molecule has 0 unspecified atom stereocenters. The number of anilines is 2. The first-order valence-corrected chi connectivity index (χ1v) is 10.9. The number of carbonyl (C=O) groups excluding carboxylic acids is 1. The van der Waals surface area contributed by atoms with Crippen LogP contribution in [0.5, 0.6) is 0 Å². The molecule has 0 atom stereocenters. The number of amides is 1. The molecule has 0 saturated heterocycles. The first kappa shape index (κ1) is 19.2. The number of aromatic nitrogens is 2. The van der Waals surface area contributed by atoms with Gasteiger partial charge in [-0.2, -0.15) is 0 Å². The fraction of sp³-hybridized carbons (Fsp3) is 0.278. The lowest BCUT2D eigenvalue weighted by atomic mass is 10.2. The minimum Gasteiger partial charge on any atom is -0.360 e. The number of aryl methyl sites for hydroxylation is 3. The molecule has 2 N–H and O–H groups in total. The van der Waals surface area contributed by atoms with Crippen LogP contribution in [-0.2, 0) is 14.6 Å². The molecule has 27 heavy (non-hydrogen) atoms. The standard InChI is InChI=1S/C18H20N4O3S2/c1-10-11(2)26-18-16(10)17(20-12(3)21-18)19-9-15(23)22-13-5-7-14(8-6-13)27(4,24)25/h5-8H,9H2,1-4H3,(H,22,23)(H,19,20,21). The molecule has 2 heterocycles. The second kappa shape index (κ2) is 7.24. The fourth-order valence-electron chi connectivity index (χ4n) is 2.64. The maximum absolute atomic E-state index is 12.2. The minimum atomic E-state index is -3.26. The zero-order chi connectivity index (χ0) is 19.8. The molecule has 142 valence electrons. The average molecular weight is 405 g/mol. The van der Waals surface area contributed by atoms with Crippen molar-refractivity contribution in [2.75, 3.05) is 23.4 Å². The monoisotopic (exact) mass is 404 g/mol. The van der Waals surface area contributed by atoms with Crippen molar-refractivity contribution in [2.45, 2.75) is 25.7 Å². The Morgan fingerprint density at radius 3 is 2.41 bits per heavy atom. The van der Waals surface area contributed by atoms with Crippen LogP contribution in [0.1, 0.15) is 16.3 Å². The van der Waals surface area contributed by atoms with E-state index in [1.54, 1.807) is 23.5 Å². The third-order valence-electron chi connectivity index (χ3n) is 4.12. The fourth-order valence-corrected chi connectivity index (χ4v) is 4.34. The third-order valence-corrected chi connectivity index (χ3v) is 6.35. The Balaban J connectivity index is 1.72. The predicted octanol–water partition coefficient (Wildman–Crippen LogP) is 3.07. The molecule has 0 aliphatic heterocycles. The molecular formula is C18H20N4O3S2. The molecule has 0 bridgehead atoms. The summed E-state index contributed by atoms with van der Waals surface area (Å²) in [6.07, 6.45) is 1.14. The number of nitrogens with zero attached hydrogens (tertiary/aromatic N) is 2. The summed E-state index contributed by atoms with van der Waals surface area (Å²) < 4.78 is 23.0. The highest BCUT2D eigenvalue weighted by Gasteiger charge is 2.14. The molecule has 0 saturated carbocycles. The highest BCUT2D eigenvalue weighted by atomic mass is 32.2. The predicted molar refractivity (Wildman–Crippen MR) is 108 cm³/mol. The summed E-state index contributed by atoms with van der Waals surface area (Å²) in [5.74, 6) is 1.03. The van der Waals surface area contributed by atoms with Crippen molar-refractivity contribution in [3.63, 3.8) is 0 Å². The van der Waals surface area contributed by atoms with Crippen molar-refractivity contribution < 1.29 is 13.2 Å². The Hall–Kier alpha value is -2.52. The number of rotatable bonds is 5. The molecule has 0 aliphatic rings. The molecule has 0 spiro atoms. The summed E-state index contributed by atoms with van der Waals surface area (Å²) in [5.41, 5.74) is 1.63. The number of hydrogen-bond donors (Lipinski definition) is 2. The van der Waals surface area contributed by atoms with Gasteiger partial charge in [-0.3, -0.25) is 4.79 Å². The lowest BCUT2D eigenvalue weighted by molar-refractivity contribution is -0.114. The summed E-state index contributed by atoms with van der Waals surface area (Å²) in [5, 5.41) is 6.76. The summed E-state index contributed by atoms with van der Waals surface area (Å²) >= 11 is 1.61. The molecule has 0 fully saturated rings. The van der Waals surface area contributed by atoms with Crippen LogP contribution in [0.15, 0.2) is 29.2 Å². The Bertz CT molecular complexity index is 1120. The summed E-state index contributed by atoms with van der Waals surface area (Å²) in [4.78, 5) is 23.4. The average Bonchev–Trinajstić information content (AvgIpc) is 2.86. The Kier molecular flexibility index (Phi) is 5.16. The second-order valence-electron chi connectivity index (χ2n) is 6.28. The number of benzene rings is 1. The quantitative estimate of drug-likeness (QED) is 0.678. The van der Waals surface area contributed by atoms with Crippen molar-refractivity contribution in [3.8, 4) is 0 Å². The number of nitrogens with one attached hydrogen (secondary N) is 2. The van der Waals surface area contributed by atoms with Crippen LogP contribution >= 0.6 is 11.3 Å². The maximum Gasteiger partial charge on any atom is 0.243 e. The first-order chi connectivity index (χ1) is 12.6. The van der Waals surface area contributed by atoms with Crippen molar-refractivity contribution in [2.24, 2.45) is 0 Å². The van der Waals surface area contributed by atoms with E-state index in [-0.39, 0.29) is 17.3 Å². The molecule has 9 heteroatoms. The van der Waals surface area contributed by atoms with Gasteiger partial charge in [-0.1, -0.05) is 0 Å². The van der Waals surface area contributed by atoms with E-state index >= 15 is 0 Å². The highest BCUT2D eigenvalue weighted by molar-refractivity contribution is 7.90. The molecule has 7 nitrogen and oxygen atoms in total. The zero-order valence-corrected chi connectivity index (χ0v) is 17.1. The van der Waals surface area contributed by atoms with Gasteiger partial charge < -0.3 is 10.6 Å². The number of fused-ring (bicyclic) bond motifs is 1. The van der Waals surface area contributed by atoms with Gasteiger partial charge in [0.15, 0.2) is 9.84 Å². The van der Waals surface area contributed by atoms with Crippen LogP contribution in [-0.4, -0.2) is 37.1 Å². The van der Waals surface area contributed by atoms with Crippen LogP contribution < -0.4 is 10.6 Å². The van der Waals surface area contributed by atoms with Crippen molar-refractivity contribution in [1.29, 1.82) is 0 Å². The molecule has 0 aliphatic carbocycles. The number of hydrogen-bond acceptors (Lipinski definition) is 7. The third kappa shape index (κ3) is 4.25. The Morgan fingerprint density at radius 1 is 1.11 bits per heavy atom. The van der Waals surface area contributed by atoms with Gasteiger partial charge in [-0.05, 0) is 50.6 Å². The molecule has 3 rings (SSSR count). The topological polar surface area (TPSA) is 101 Å². The molecule has 3 aromatic rings. The SMILES string of the molecule is Cc1nc(NCC(=O)Nc2ccc(S(C)(=O)=O)cc2)c2c(C)c(C)sc2n1. The van der Waals surface area contributed by atoms with E-state index in [9.17, 15) is 13.2 Å². The summed E-state index contributed by atoms with van der Waals surface area (Å²) in [6.45, 7) is 5.90. The van der Waals surface area contributed by atoms with E-state index < -0.39 is 9.84 Å². The normalized spacial score (nSPS) is 11.6. The van der Waals surface area contributed by atoms with Gasteiger partial charge in [0.25, 0.3) is 0 Å². The molecule has 2 aromatic heterocycles. The second-order valence-corrected chi connectivity index (χ2v) is 9.50. The van der Waals surface area contributed by atoms with Gasteiger partial charge >= 0.3 is 0 Å². The van der Waals surface area contributed by atoms with Gasteiger partial charge in [0, 0.05) is 16.8 Å². The number of carbonyl (C=O) groups is 1. The van der Waals surface area contributed by atoms with Crippen molar-refractivity contribution >= 4 is 48.8 Å². The van der Waals surface area contributed by atoms with Crippen LogP contribution in [0.4, 0.5) is 11.5 Å². The van der Waals surface area contributed by atoms with Crippen molar-refractivity contribution in [3.05, 3.63) is 40.5 Å². The summed E-state index contributed by atoms with van der Waals surface area (Å²) in [7, 11) is -3.26. The lowest BCUT2D eigenvalue weighted by Gasteiger charge is -2.10. The highest BCUT2D eigenvalue weighted by Crippen LogP contribution is 2.33. The maximum atomic E-state index is 12.2. The van der Waals surface area contributed by atoms with E-state index in [1.807, 2.05) is 20.8 Å². The first-order valence-electron chi connectivity index (χ1n) is 8.23. The molecule has 1 aromatic carbocycles. The Morgan fingerprint density at radius 2 is 1.78 bits per heavy atom. The number of thiophene rings is 1. The lowest BCUT2D eigenvalue weighted by Crippen LogP contribution is -2.22. The van der Waals surface area contributed by atoms with Gasteiger partial charge in [-0.25, -0.2) is 18.4 Å². The van der Waals surface area contributed by atoms with Gasteiger partial charge in [0.1, 0.15) is 16.5 Å². The van der Waals surface area contributed by atoms with Crippen LogP contribution in [0.2, 0.25) is 0 Å². The number of sulfone groups is 1. The van der Waals surface area contributed by atoms with E-state index in [4.69, 9.17) is 0 Å². The van der Waals surface area contributed by atoms with Crippen LogP contribution in [0.25, 0.3) is 10.2 Å². The van der Waals surface area contributed by atoms with E-state index in [0.717, 1.165) is 22.0 Å². The minimum absolute atomic E-state index is 0.0354. The van der Waals surface area contributed by atoms with E-state index in [2.05, 4.69) is 20.6 Å². The molecule has 1 amide bonds. The van der Waals surface area contributed by atoms with Crippen molar-refractivity contribution in [1.82, 2.24) is 9.97 Å². The van der Waals surface area contributed by atoms with Gasteiger partial charge in [0.05, 0.1) is 16.8 Å². The molecule has 0 radical (unpaired) electrons. The van der Waals surface area contributed by atoms with Gasteiger partial charge in [0.2, 0.25) is 5.91 Å². The zero-order valence-electron chi connectivity index (χ0n) is 15.5. The van der Waals surface area contributed by atoms with Gasteiger partial charge in [-0.15, -0.1) is 11.3 Å². The van der Waals surface area contributed by atoms with E-state index in [1.165, 1.54) is 17.0 Å². The largest absolute Gasteiger partial charge is 0.360 e. The van der Waals surface area contributed by atoms with E-state index in [0.29, 0.717) is 17.3 Å². The summed E-state index contributed by atoms with van der Waals surface area (Å²) in [6, 6.07) is 6.06. The molecular weight excluding hydrogens is 384 g/mol. The van der Waals surface area contributed by atoms with Crippen LogP contribution in [0, 0.1) is 20.8 Å². The smallest absolute Gasteiger partial charge is 0.243 e. The Labute approximate surface area is 161 Å².